The minimum absolute atomic E-state index is 0.547. The fourth-order valence-electron chi connectivity index (χ4n) is 2.31. The molecule has 100 valence electrons. The first-order valence-electron chi connectivity index (χ1n) is 6.62. The molecule has 0 radical (unpaired) electrons. The number of anilines is 1. The van der Waals surface area contributed by atoms with Crippen molar-refractivity contribution in [1.82, 2.24) is 10.2 Å². The minimum Gasteiger partial charge on any atom is -0.383 e. The largest absolute Gasteiger partial charge is 0.383 e. The maximum atomic E-state index is 6.12. The molecular weight excluding hydrogens is 246 g/mol. The van der Waals surface area contributed by atoms with E-state index in [2.05, 4.69) is 35.4 Å². The molecule has 1 fully saturated rings. The van der Waals surface area contributed by atoms with Gasteiger partial charge < -0.3 is 10.6 Å². The Morgan fingerprint density at radius 1 is 1.39 bits per heavy atom. The van der Waals surface area contributed by atoms with Crippen molar-refractivity contribution in [3.63, 3.8) is 0 Å². The van der Waals surface area contributed by atoms with E-state index in [9.17, 15) is 0 Å². The van der Waals surface area contributed by atoms with E-state index in [-0.39, 0.29) is 0 Å². The zero-order valence-electron chi connectivity index (χ0n) is 11.2. The molecule has 1 heterocycles. The molecule has 2 N–H and O–H groups in total. The maximum Gasteiger partial charge on any atom is 0.0455 e. The molecule has 3 nitrogen and oxygen atoms in total. The van der Waals surface area contributed by atoms with Crippen LogP contribution < -0.4 is 10.6 Å². The number of hydrogen-bond donors (Lipinski definition) is 2. The lowest BCUT2D eigenvalue weighted by molar-refractivity contribution is 0.191. The molecule has 1 unspecified atom stereocenters. The summed E-state index contributed by atoms with van der Waals surface area (Å²) in [4.78, 5) is 2.52. The van der Waals surface area contributed by atoms with Crippen LogP contribution in [0.2, 0.25) is 5.02 Å². The highest BCUT2D eigenvalue weighted by Crippen LogP contribution is 2.22. The van der Waals surface area contributed by atoms with Gasteiger partial charge in [-0.3, -0.25) is 4.90 Å². The van der Waals surface area contributed by atoms with E-state index in [1.54, 1.807) is 0 Å². The molecular formula is C14H22ClN3. The van der Waals surface area contributed by atoms with E-state index in [1.165, 1.54) is 0 Å². The van der Waals surface area contributed by atoms with Crippen molar-refractivity contribution in [3.05, 3.63) is 28.8 Å². The Labute approximate surface area is 115 Å². The van der Waals surface area contributed by atoms with Crippen LogP contribution in [0.1, 0.15) is 12.5 Å². The first-order valence-corrected chi connectivity index (χ1v) is 7.00. The van der Waals surface area contributed by atoms with Crippen LogP contribution in [0.15, 0.2) is 18.2 Å². The topological polar surface area (TPSA) is 27.3 Å². The fraction of sp³-hybridized carbons (Fsp3) is 0.571. The van der Waals surface area contributed by atoms with Crippen LogP contribution in [-0.2, 0) is 0 Å². The predicted octanol–water partition coefficient (Wildman–Crippen LogP) is 2.35. The molecule has 1 aliphatic heterocycles. The molecule has 1 aromatic rings. The first-order chi connectivity index (χ1) is 8.68. The summed E-state index contributed by atoms with van der Waals surface area (Å²) >= 11 is 6.12. The SMILES string of the molecule is Cc1c(Cl)cccc1NCC(C)N1CCNCC1. The Kier molecular flexibility index (Phi) is 4.87. The maximum absolute atomic E-state index is 6.12. The fourth-order valence-corrected chi connectivity index (χ4v) is 2.48. The lowest BCUT2D eigenvalue weighted by Gasteiger charge is -2.33. The number of nitrogens with zero attached hydrogens (tertiary/aromatic N) is 1. The Hall–Kier alpha value is -0.770. The van der Waals surface area contributed by atoms with E-state index >= 15 is 0 Å². The average molecular weight is 268 g/mol. The average Bonchev–Trinajstić information content (AvgIpc) is 2.41. The smallest absolute Gasteiger partial charge is 0.0455 e. The quantitative estimate of drug-likeness (QED) is 0.877. The van der Waals surface area contributed by atoms with Crippen molar-refractivity contribution in [1.29, 1.82) is 0 Å². The van der Waals surface area contributed by atoms with Gasteiger partial charge in [-0.05, 0) is 31.5 Å². The van der Waals surface area contributed by atoms with E-state index in [0.717, 1.165) is 49.0 Å². The predicted molar refractivity (Wildman–Crippen MR) is 78.6 cm³/mol. The summed E-state index contributed by atoms with van der Waals surface area (Å²) in [7, 11) is 0. The summed E-state index contributed by atoms with van der Waals surface area (Å²) in [5.74, 6) is 0. The lowest BCUT2D eigenvalue weighted by Crippen LogP contribution is -2.49. The summed E-state index contributed by atoms with van der Waals surface area (Å²) in [6.45, 7) is 9.76. The third kappa shape index (κ3) is 3.37. The van der Waals surface area contributed by atoms with Crippen molar-refractivity contribution in [2.75, 3.05) is 38.0 Å². The number of nitrogens with one attached hydrogen (secondary N) is 2. The normalized spacial score (nSPS) is 18.6. The van der Waals surface area contributed by atoms with Gasteiger partial charge in [0.15, 0.2) is 0 Å². The Balaban J connectivity index is 1.88. The van der Waals surface area contributed by atoms with Gasteiger partial charge in [0.25, 0.3) is 0 Å². The number of rotatable bonds is 4. The number of benzene rings is 1. The summed E-state index contributed by atoms with van der Waals surface area (Å²) in [5.41, 5.74) is 2.27. The molecule has 2 rings (SSSR count). The second-order valence-electron chi connectivity index (χ2n) is 4.93. The van der Waals surface area contributed by atoms with Gasteiger partial charge in [-0.25, -0.2) is 0 Å². The number of piperazine rings is 1. The molecule has 0 aromatic heterocycles. The monoisotopic (exact) mass is 267 g/mol. The Morgan fingerprint density at radius 2 is 2.11 bits per heavy atom. The van der Waals surface area contributed by atoms with Crippen LogP contribution in [0.4, 0.5) is 5.69 Å². The highest BCUT2D eigenvalue weighted by molar-refractivity contribution is 6.31. The van der Waals surface area contributed by atoms with Crippen molar-refractivity contribution in [2.45, 2.75) is 19.9 Å². The van der Waals surface area contributed by atoms with Crippen molar-refractivity contribution in [2.24, 2.45) is 0 Å². The molecule has 0 aliphatic carbocycles. The molecule has 18 heavy (non-hydrogen) atoms. The summed E-state index contributed by atoms with van der Waals surface area (Å²) in [6, 6.07) is 6.56. The van der Waals surface area contributed by atoms with Gasteiger partial charge in [0.05, 0.1) is 0 Å². The molecule has 0 amide bonds. The summed E-state index contributed by atoms with van der Waals surface area (Å²) in [5, 5.41) is 7.71. The summed E-state index contributed by atoms with van der Waals surface area (Å²) in [6.07, 6.45) is 0. The molecule has 0 bridgehead atoms. The first kappa shape index (κ1) is 13.7. The van der Waals surface area contributed by atoms with Gasteiger partial charge in [0.2, 0.25) is 0 Å². The Morgan fingerprint density at radius 3 is 2.83 bits per heavy atom. The van der Waals surface area contributed by atoms with Crippen molar-refractivity contribution in [3.8, 4) is 0 Å². The van der Waals surface area contributed by atoms with Gasteiger partial charge in [-0.15, -0.1) is 0 Å². The van der Waals surface area contributed by atoms with E-state index in [4.69, 9.17) is 11.6 Å². The van der Waals surface area contributed by atoms with Crippen LogP contribution in [0.25, 0.3) is 0 Å². The van der Waals surface area contributed by atoms with Gasteiger partial charge >= 0.3 is 0 Å². The van der Waals surface area contributed by atoms with Crippen molar-refractivity contribution < 1.29 is 0 Å². The van der Waals surface area contributed by atoms with Gasteiger partial charge in [-0.2, -0.15) is 0 Å². The molecule has 1 aliphatic rings. The zero-order valence-corrected chi connectivity index (χ0v) is 11.9. The molecule has 0 saturated carbocycles. The minimum atomic E-state index is 0.547. The zero-order chi connectivity index (χ0) is 13.0. The summed E-state index contributed by atoms with van der Waals surface area (Å²) < 4.78 is 0. The van der Waals surface area contributed by atoms with Crippen LogP contribution in [-0.4, -0.2) is 43.7 Å². The van der Waals surface area contributed by atoms with Gasteiger partial charge in [0.1, 0.15) is 0 Å². The lowest BCUT2D eigenvalue weighted by atomic mass is 10.2. The van der Waals surface area contributed by atoms with Crippen LogP contribution in [0, 0.1) is 6.92 Å². The van der Waals surface area contributed by atoms with E-state index in [1.807, 2.05) is 12.1 Å². The standard InChI is InChI=1S/C14H22ClN3/c1-11(18-8-6-16-7-9-18)10-17-14-5-3-4-13(15)12(14)2/h3-5,11,16-17H,6-10H2,1-2H3. The van der Waals surface area contributed by atoms with Crippen LogP contribution >= 0.6 is 11.6 Å². The number of hydrogen-bond acceptors (Lipinski definition) is 3. The molecule has 1 atom stereocenters. The molecule has 1 aromatic carbocycles. The molecule has 0 spiro atoms. The van der Waals surface area contributed by atoms with E-state index < -0.39 is 0 Å². The van der Waals surface area contributed by atoms with Crippen LogP contribution in [0.3, 0.4) is 0 Å². The van der Waals surface area contributed by atoms with Gasteiger partial charge in [0, 0.05) is 49.5 Å². The molecule has 1 saturated heterocycles. The second-order valence-corrected chi connectivity index (χ2v) is 5.34. The Bertz CT molecular complexity index is 389. The number of halogens is 1. The van der Waals surface area contributed by atoms with Crippen LogP contribution in [0.5, 0.6) is 0 Å². The van der Waals surface area contributed by atoms with E-state index in [0.29, 0.717) is 6.04 Å². The third-order valence-electron chi connectivity index (χ3n) is 3.63. The highest BCUT2D eigenvalue weighted by Gasteiger charge is 2.16. The second kappa shape index (κ2) is 6.41. The molecule has 4 heteroatoms. The van der Waals surface area contributed by atoms with Gasteiger partial charge in [-0.1, -0.05) is 17.7 Å². The van der Waals surface area contributed by atoms with Crippen molar-refractivity contribution >= 4 is 17.3 Å². The highest BCUT2D eigenvalue weighted by atomic mass is 35.5. The third-order valence-corrected chi connectivity index (χ3v) is 4.04.